The van der Waals surface area contributed by atoms with Crippen molar-refractivity contribution < 1.29 is 56.4 Å². The van der Waals surface area contributed by atoms with E-state index in [2.05, 4.69) is 121 Å². The molecule has 2 aliphatic carbocycles. The van der Waals surface area contributed by atoms with Gasteiger partial charge < -0.3 is 42.9 Å². The van der Waals surface area contributed by atoms with E-state index < -0.39 is 8.07 Å². The Kier molecular flexibility index (Phi) is 37.9. The number of anilines is 2. The van der Waals surface area contributed by atoms with Crippen molar-refractivity contribution in [1.82, 2.24) is 0 Å². The largest absolute Gasteiger partial charge is 3.00 e. The molecule has 4 unspecified atom stereocenters. The Bertz CT molecular complexity index is 1200. The normalized spacial score (nSPS) is 19.0. The summed E-state index contributed by atoms with van der Waals surface area (Å²) < 4.78 is 5.52. The quantitative estimate of drug-likeness (QED) is 0.193. The first-order valence-electron chi connectivity index (χ1n) is 18.4. The average Bonchev–Trinajstić information content (AvgIpc) is 3.71. The van der Waals surface area contributed by atoms with E-state index in [-0.39, 0.29) is 66.5 Å². The van der Waals surface area contributed by atoms with Crippen LogP contribution in [0.3, 0.4) is 0 Å². The predicted octanol–water partition coefficient (Wildman–Crippen LogP) is 13.6. The number of ether oxygens (including phenoxy) is 1. The minimum Gasteiger partial charge on any atom is -0.496 e. The summed E-state index contributed by atoms with van der Waals surface area (Å²) in [6.45, 7) is 32.9. The molecule has 0 spiro atoms. The van der Waals surface area contributed by atoms with Gasteiger partial charge in [-0.3, -0.25) is 0 Å². The van der Waals surface area contributed by atoms with Gasteiger partial charge in [0.05, 0.1) is 7.11 Å². The Morgan fingerprint density at radius 3 is 1.11 bits per heavy atom. The summed E-state index contributed by atoms with van der Waals surface area (Å²) in [5, 5.41) is 0. The number of methoxy groups -OCH3 is 1. The molecule has 3 aromatic rings. The molecule has 6 heteroatoms. The first kappa shape index (κ1) is 61.0. The molecular weight excluding hydrogens is 727 g/mol. The molecule has 0 bridgehead atoms. The standard InChI is InChI=1S/C16H24O.2C9H12N.C5H10.C4H11Si.C2H5.2CH3.2Sc/c1-10-11(2)13(4)16(12(10)3)14-8-6-7-9-15(14)17-5;2*1-8-6-4-5-7-9(8)10(2)3;1-2-4-5-3-1;1-5(2,3)4;1-2;;;;/h6-13,16H,1-5H3;2*4-7H,1H2,2-3H3;1-5H2;1H2,2-4H3;1H2,2H3;2*1H3;;/q;2*-1;;4*-1;2*+3. The maximum atomic E-state index is 5.52. The third kappa shape index (κ3) is 24.1. The Balaban J connectivity index is -0.000000188. The van der Waals surface area contributed by atoms with E-state index in [1.807, 2.05) is 64.6 Å². The van der Waals surface area contributed by atoms with Crippen LogP contribution >= 0.6 is 0 Å². The van der Waals surface area contributed by atoms with Gasteiger partial charge in [0.1, 0.15) is 5.75 Å². The van der Waals surface area contributed by atoms with Crippen LogP contribution in [0.25, 0.3) is 0 Å². The van der Waals surface area contributed by atoms with Gasteiger partial charge in [-0.1, -0.05) is 133 Å². The molecule has 3 aromatic carbocycles. The fourth-order valence-electron chi connectivity index (χ4n) is 6.38. The third-order valence-corrected chi connectivity index (χ3v) is 9.32. The Hall–Kier alpha value is -1.24. The topological polar surface area (TPSA) is 15.7 Å². The smallest absolute Gasteiger partial charge is 0.496 e. The number of rotatable bonds is 4. The third-order valence-electron chi connectivity index (χ3n) is 9.32. The van der Waals surface area contributed by atoms with Gasteiger partial charge in [0, 0.05) is 0 Å². The summed E-state index contributed by atoms with van der Waals surface area (Å²) in [6.07, 6.45) is 7.50. The summed E-state index contributed by atoms with van der Waals surface area (Å²) in [6, 6.07) is 24.7. The summed E-state index contributed by atoms with van der Waals surface area (Å²) in [7, 11) is 8.98. The van der Waals surface area contributed by atoms with Crippen LogP contribution in [0.15, 0.2) is 72.8 Å². The van der Waals surface area contributed by atoms with E-state index in [1.54, 1.807) is 14.0 Å². The number of para-hydroxylation sites is 3. The van der Waals surface area contributed by atoms with Crippen LogP contribution in [-0.4, -0.2) is 43.4 Å². The van der Waals surface area contributed by atoms with Gasteiger partial charge in [-0.25, -0.2) is 0 Å². The second kappa shape index (κ2) is 32.9. The minimum absolute atomic E-state index is 0. The van der Waals surface area contributed by atoms with E-state index in [1.165, 1.54) is 49.0 Å². The number of nitrogens with zero attached hydrogens (tertiary/aromatic N) is 2. The van der Waals surface area contributed by atoms with Crippen LogP contribution in [0.4, 0.5) is 11.4 Å². The predicted molar refractivity (Wildman–Crippen MR) is 238 cm³/mol. The van der Waals surface area contributed by atoms with Crippen molar-refractivity contribution in [3.8, 4) is 5.75 Å². The maximum Gasteiger partial charge on any atom is 3.00 e. The number of hydrogen-bond acceptors (Lipinski definition) is 3. The SMILES string of the molecule is C1CCCC1.COc1ccccc1C1C(C)C(C)C(C)C1C.[CH2-]C.[CH2-][Si](C)(C)C.[CH2-]c1ccccc1N(C)C.[CH2-]c1ccccc1N(C)C.[CH3-].[CH3-].[Sc+3].[Sc+3]. The van der Waals surface area contributed by atoms with E-state index in [0.717, 1.165) is 40.5 Å². The Labute approximate surface area is 371 Å². The van der Waals surface area contributed by atoms with Crippen molar-refractivity contribution in [2.45, 2.75) is 92.3 Å². The molecule has 2 aliphatic rings. The van der Waals surface area contributed by atoms with Crippen molar-refractivity contribution >= 4 is 19.4 Å². The molecule has 0 amide bonds. The van der Waals surface area contributed by atoms with Gasteiger partial charge in [0.25, 0.3) is 0 Å². The van der Waals surface area contributed by atoms with Gasteiger partial charge in [0.15, 0.2) is 0 Å². The van der Waals surface area contributed by atoms with Crippen molar-refractivity contribution in [2.75, 3.05) is 45.1 Å². The fraction of sp³-hybridized carbons (Fsp3) is 0.489. The first-order chi connectivity index (χ1) is 23.0. The molecular formula is C47H80N2OSc2Si. The van der Waals surface area contributed by atoms with Crippen LogP contribution in [0.1, 0.15) is 89.3 Å². The molecule has 0 radical (unpaired) electrons. The second-order valence-corrected chi connectivity index (χ2v) is 20.2. The molecule has 4 atom stereocenters. The zero-order valence-corrected chi connectivity index (χ0v) is 41.7. The monoisotopic (exact) mass is 807 g/mol. The summed E-state index contributed by atoms with van der Waals surface area (Å²) in [4.78, 5) is 4.12. The van der Waals surface area contributed by atoms with Crippen molar-refractivity contribution in [3.05, 3.63) is 132 Å². The van der Waals surface area contributed by atoms with E-state index in [4.69, 9.17) is 4.74 Å². The molecule has 0 aliphatic heterocycles. The minimum atomic E-state index is -0.861. The summed E-state index contributed by atoms with van der Waals surface area (Å²) in [5.41, 5.74) is 5.91. The molecule has 53 heavy (non-hydrogen) atoms. The van der Waals surface area contributed by atoms with Crippen LogP contribution in [0.5, 0.6) is 5.75 Å². The van der Waals surface area contributed by atoms with Gasteiger partial charge >= 0.3 is 51.7 Å². The molecule has 3 nitrogen and oxygen atoms in total. The first-order valence-corrected chi connectivity index (χ1v) is 22.1. The van der Waals surface area contributed by atoms with E-state index >= 15 is 0 Å². The van der Waals surface area contributed by atoms with Crippen LogP contribution in [-0.2, 0) is 51.7 Å². The molecule has 0 aromatic heterocycles. The molecule has 0 heterocycles. The van der Waals surface area contributed by atoms with Crippen molar-refractivity contribution in [2.24, 2.45) is 23.7 Å². The van der Waals surface area contributed by atoms with Crippen molar-refractivity contribution in [3.63, 3.8) is 0 Å². The van der Waals surface area contributed by atoms with Crippen LogP contribution < -0.4 is 14.5 Å². The van der Waals surface area contributed by atoms with Crippen LogP contribution in [0.2, 0.25) is 19.6 Å². The molecule has 5 rings (SSSR count). The zero-order valence-electron chi connectivity index (χ0n) is 37.1. The fourth-order valence-corrected chi connectivity index (χ4v) is 6.38. The molecule has 2 fully saturated rings. The van der Waals surface area contributed by atoms with Crippen LogP contribution in [0, 0.1) is 65.8 Å². The molecule has 0 N–H and O–H groups in total. The molecule has 2 saturated carbocycles. The number of benzene rings is 3. The Morgan fingerprint density at radius 2 is 0.849 bits per heavy atom. The second-order valence-electron chi connectivity index (χ2n) is 15.1. The van der Waals surface area contributed by atoms with Gasteiger partial charge in [-0.2, -0.15) is 44.0 Å². The van der Waals surface area contributed by atoms with E-state index in [9.17, 15) is 0 Å². The maximum absolute atomic E-state index is 5.52. The Morgan fingerprint density at radius 1 is 0.566 bits per heavy atom. The zero-order chi connectivity index (χ0) is 37.7. The van der Waals surface area contributed by atoms with Gasteiger partial charge in [-0.15, -0.1) is 20.2 Å². The summed E-state index contributed by atoms with van der Waals surface area (Å²) >= 11 is 0. The van der Waals surface area contributed by atoms with Crippen molar-refractivity contribution in [1.29, 1.82) is 0 Å². The van der Waals surface area contributed by atoms with E-state index in [0.29, 0.717) is 5.92 Å². The molecule has 0 saturated heterocycles. The van der Waals surface area contributed by atoms with Gasteiger partial charge in [-0.05, 0) is 69.4 Å². The molecule has 294 valence electrons. The van der Waals surface area contributed by atoms with Gasteiger partial charge in [0.2, 0.25) is 0 Å². The summed E-state index contributed by atoms with van der Waals surface area (Å²) in [5.74, 6) is 4.74. The number of hydrogen-bond donors (Lipinski definition) is 0. The average molecular weight is 807 g/mol.